The second kappa shape index (κ2) is 4.75. The van der Waals surface area contributed by atoms with Crippen LogP contribution in [0.4, 0.5) is 0 Å². The molecule has 0 fully saturated rings. The molecule has 0 heterocycles. The molecular formula is C13H19NO3. The van der Waals surface area contributed by atoms with Gasteiger partial charge in [0.1, 0.15) is 17.9 Å². The zero-order valence-corrected chi connectivity index (χ0v) is 10.7. The van der Waals surface area contributed by atoms with Gasteiger partial charge in [0.15, 0.2) is 0 Å². The first-order valence-corrected chi connectivity index (χ1v) is 5.47. The molecule has 94 valence electrons. The molecule has 1 unspecified atom stereocenters. The first-order chi connectivity index (χ1) is 7.75. The summed E-state index contributed by atoms with van der Waals surface area (Å²) >= 11 is 0. The summed E-state index contributed by atoms with van der Waals surface area (Å²) in [4.78, 5) is 10.9. The molecule has 1 aromatic rings. The Bertz CT molecular complexity index is 439. The monoisotopic (exact) mass is 237 g/mol. The van der Waals surface area contributed by atoms with Gasteiger partial charge in [0.25, 0.3) is 0 Å². The van der Waals surface area contributed by atoms with Crippen molar-refractivity contribution in [2.24, 2.45) is 5.73 Å². The van der Waals surface area contributed by atoms with E-state index in [0.717, 1.165) is 22.4 Å². The number of carbonyl (C=O) groups is 1. The van der Waals surface area contributed by atoms with Crippen LogP contribution in [0.5, 0.6) is 5.75 Å². The molecule has 17 heavy (non-hydrogen) atoms. The van der Waals surface area contributed by atoms with Gasteiger partial charge < -0.3 is 15.6 Å². The summed E-state index contributed by atoms with van der Waals surface area (Å²) in [5.41, 5.74) is 7.36. The van der Waals surface area contributed by atoms with Gasteiger partial charge in [-0.15, -0.1) is 0 Å². The lowest BCUT2D eigenvalue weighted by molar-refractivity contribution is -0.143. The van der Waals surface area contributed by atoms with E-state index < -0.39 is 11.5 Å². The predicted molar refractivity (Wildman–Crippen MR) is 66.4 cm³/mol. The van der Waals surface area contributed by atoms with Gasteiger partial charge in [-0.2, -0.15) is 0 Å². The van der Waals surface area contributed by atoms with Crippen molar-refractivity contribution in [1.82, 2.24) is 0 Å². The molecule has 0 aliphatic carbocycles. The maximum atomic E-state index is 10.9. The van der Waals surface area contributed by atoms with Gasteiger partial charge in [-0.05, 0) is 44.4 Å². The molecule has 1 rings (SSSR count). The Morgan fingerprint density at radius 1 is 1.35 bits per heavy atom. The minimum atomic E-state index is -1.37. The Hall–Kier alpha value is -1.55. The van der Waals surface area contributed by atoms with Crippen LogP contribution in [0.1, 0.15) is 23.6 Å². The molecule has 3 N–H and O–H groups in total. The van der Waals surface area contributed by atoms with Gasteiger partial charge in [-0.1, -0.05) is 12.1 Å². The van der Waals surface area contributed by atoms with Crippen LogP contribution in [0.3, 0.4) is 0 Å². The quantitative estimate of drug-likeness (QED) is 0.837. The van der Waals surface area contributed by atoms with Crippen LogP contribution in [0.25, 0.3) is 0 Å². The largest absolute Gasteiger partial charge is 0.490 e. The fraction of sp³-hybridized carbons (Fsp3) is 0.462. The summed E-state index contributed by atoms with van der Waals surface area (Å²) in [6.07, 6.45) is 0. The normalized spacial score (nSPS) is 14.2. The zero-order chi connectivity index (χ0) is 13.2. The van der Waals surface area contributed by atoms with Crippen molar-refractivity contribution in [3.63, 3.8) is 0 Å². The van der Waals surface area contributed by atoms with Gasteiger partial charge in [0.2, 0.25) is 0 Å². The van der Waals surface area contributed by atoms with E-state index in [1.807, 2.05) is 32.9 Å². The molecule has 4 heteroatoms. The van der Waals surface area contributed by atoms with E-state index in [-0.39, 0.29) is 6.61 Å². The van der Waals surface area contributed by atoms with Crippen LogP contribution in [0, 0.1) is 20.8 Å². The summed E-state index contributed by atoms with van der Waals surface area (Å²) in [6, 6.07) is 3.96. The van der Waals surface area contributed by atoms with Crippen LogP contribution in [0.15, 0.2) is 12.1 Å². The van der Waals surface area contributed by atoms with Gasteiger partial charge in [-0.3, -0.25) is 4.79 Å². The third kappa shape index (κ3) is 2.97. The maximum absolute atomic E-state index is 10.9. The Labute approximate surface area is 101 Å². The van der Waals surface area contributed by atoms with Crippen LogP contribution in [-0.4, -0.2) is 23.2 Å². The molecule has 1 atom stereocenters. The van der Waals surface area contributed by atoms with Crippen LogP contribution in [-0.2, 0) is 4.79 Å². The Balaban J connectivity index is 2.90. The Morgan fingerprint density at radius 2 is 1.88 bits per heavy atom. The standard InChI is InChI=1S/C13H19NO3/c1-8-5-6-9(2)11(10(8)3)17-7-13(4,14)12(15)16/h5-6H,7,14H2,1-4H3,(H,15,16). The number of aliphatic carboxylic acids is 1. The lowest BCUT2D eigenvalue weighted by Crippen LogP contribution is -2.50. The molecule has 0 aliphatic heterocycles. The highest BCUT2D eigenvalue weighted by Gasteiger charge is 2.29. The number of aryl methyl sites for hydroxylation is 2. The van der Waals surface area contributed by atoms with Crippen LogP contribution in [0.2, 0.25) is 0 Å². The lowest BCUT2D eigenvalue weighted by atomic mass is 10.0. The SMILES string of the molecule is Cc1ccc(C)c(OCC(C)(N)C(=O)O)c1C. The molecule has 0 radical (unpaired) electrons. The maximum Gasteiger partial charge on any atom is 0.326 e. The number of ether oxygens (including phenoxy) is 1. The highest BCUT2D eigenvalue weighted by molar-refractivity contribution is 5.78. The van der Waals surface area contributed by atoms with Gasteiger partial charge in [-0.25, -0.2) is 0 Å². The molecular weight excluding hydrogens is 218 g/mol. The molecule has 0 aliphatic rings. The van der Waals surface area contributed by atoms with Crippen molar-refractivity contribution in [3.05, 3.63) is 28.8 Å². The molecule has 0 spiro atoms. The van der Waals surface area contributed by atoms with Crippen LogP contribution < -0.4 is 10.5 Å². The highest BCUT2D eigenvalue weighted by Crippen LogP contribution is 2.26. The Kier molecular flexibility index (Phi) is 3.78. The third-order valence-corrected chi connectivity index (χ3v) is 2.88. The van der Waals surface area contributed by atoms with E-state index in [9.17, 15) is 4.79 Å². The first kappa shape index (κ1) is 13.5. The second-order valence-corrected chi connectivity index (χ2v) is 4.66. The number of carboxylic acids is 1. The average Bonchev–Trinajstić information content (AvgIpc) is 2.23. The summed E-state index contributed by atoms with van der Waals surface area (Å²) in [7, 11) is 0. The molecule has 4 nitrogen and oxygen atoms in total. The smallest absolute Gasteiger partial charge is 0.326 e. The van der Waals surface area contributed by atoms with Crippen molar-refractivity contribution < 1.29 is 14.6 Å². The minimum absolute atomic E-state index is 0.0481. The van der Waals surface area contributed by atoms with Gasteiger partial charge in [0.05, 0.1) is 0 Å². The summed E-state index contributed by atoms with van der Waals surface area (Å²) in [6.45, 7) is 7.26. The number of rotatable bonds is 4. The van der Waals surface area contributed by atoms with Crippen molar-refractivity contribution >= 4 is 5.97 Å². The van der Waals surface area contributed by atoms with E-state index in [1.165, 1.54) is 6.92 Å². The van der Waals surface area contributed by atoms with E-state index in [4.69, 9.17) is 15.6 Å². The second-order valence-electron chi connectivity index (χ2n) is 4.66. The lowest BCUT2D eigenvalue weighted by Gasteiger charge is -2.21. The average molecular weight is 237 g/mol. The fourth-order valence-electron chi connectivity index (χ4n) is 1.43. The van der Waals surface area contributed by atoms with E-state index >= 15 is 0 Å². The fourth-order valence-corrected chi connectivity index (χ4v) is 1.43. The van der Waals surface area contributed by atoms with Crippen molar-refractivity contribution in [3.8, 4) is 5.75 Å². The number of hydrogen-bond donors (Lipinski definition) is 2. The molecule has 0 saturated heterocycles. The van der Waals surface area contributed by atoms with Crippen molar-refractivity contribution in [2.75, 3.05) is 6.61 Å². The third-order valence-electron chi connectivity index (χ3n) is 2.88. The number of nitrogens with two attached hydrogens (primary N) is 1. The van der Waals surface area contributed by atoms with Crippen molar-refractivity contribution in [2.45, 2.75) is 33.2 Å². The number of hydrogen-bond acceptors (Lipinski definition) is 3. The summed E-state index contributed by atoms with van der Waals surface area (Å²) in [5, 5.41) is 8.91. The topological polar surface area (TPSA) is 72.5 Å². The number of carboxylic acid groups (broad SMARTS) is 1. The highest BCUT2D eigenvalue weighted by atomic mass is 16.5. The van der Waals surface area contributed by atoms with E-state index in [0.29, 0.717) is 0 Å². The Morgan fingerprint density at radius 3 is 2.41 bits per heavy atom. The molecule has 0 saturated carbocycles. The molecule has 1 aromatic carbocycles. The minimum Gasteiger partial charge on any atom is -0.490 e. The van der Waals surface area contributed by atoms with Gasteiger partial charge >= 0.3 is 5.97 Å². The molecule has 0 amide bonds. The van der Waals surface area contributed by atoms with E-state index in [1.54, 1.807) is 0 Å². The van der Waals surface area contributed by atoms with E-state index in [2.05, 4.69) is 0 Å². The summed E-state index contributed by atoms with van der Waals surface area (Å²) < 4.78 is 5.57. The first-order valence-electron chi connectivity index (χ1n) is 5.47. The molecule has 0 bridgehead atoms. The van der Waals surface area contributed by atoms with Gasteiger partial charge in [0, 0.05) is 0 Å². The van der Waals surface area contributed by atoms with Crippen LogP contribution >= 0.6 is 0 Å². The predicted octanol–water partition coefficient (Wildman–Crippen LogP) is 1.79. The van der Waals surface area contributed by atoms with Crippen molar-refractivity contribution in [1.29, 1.82) is 0 Å². The zero-order valence-electron chi connectivity index (χ0n) is 10.7. The number of benzene rings is 1. The summed E-state index contributed by atoms with van der Waals surface area (Å²) in [5.74, 6) is -0.344. The molecule has 0 aromatic heterocycles.